The van der Waals surface area contributed by atoms with E-state index in [0.29, 0.717) is 0 Å². The van der Waals surface area contributed by atoms with E-state index in [1.807, 2.05) is 24.3 Å². The van der Waals surface area contributed by atoms with Crippen molar-refractivity contribution in [3.8, 4) is 10.4 Å². The SMILES string of the molecule is C=C(C)/C=C\C(=C/C)c1ccc(-c2ccccc2)s1. The van der Waals surface area contributed by atoms with Crippen molar-refractivity contribution in [3.63, 3.8) is 0 Å². The Morgan fingerprint density at radius 3 is 2.42 bits per heavy atom. The first-order valence-electron chi connectivity index (χ1n) is 6.36. The Kier molecular flexibility index (Phi) is 4.53. The third-order valence-electron chi connectivity index (χ3n) is 2.81. The van der Waals surface area contributed by atoms with Gasteiger partial charge in [0.05, 0.1) is 0 Å². The molecule has 96 valence electrons. The molecule has 0 amide bonds. The summed E-state index contributed by atoms with van der Waals surface area (Å²) in [6.45, 7) is 7.97. The summed E-state index contributed by atoms with van der Waals surface area (Å²) < 4.78 is 0. The van der Waals surface area contributed by atoms with E-state index >= 15 is 0 Å². The second-order valence-electron chi connectivity index (χ2n) is 4.45. The lowest BCUT2D eigenvalue weighted by atomic mass is 10.1. The third-order valence-corrected chi connectivity index (χ3v) is 3.99. The van der Waals surface area contributed by atoms with Crippen LogP contribution in [0.2, 0.25) is 0 Å². The second-order valence-corrected chi connectivity index (χ2v) is 5.54. The van der Waals surface area contributed by atoms with E-state index in [-0.39, 0.29) is 0 Å². The van der Waals surface area contributed by atoms with Crippen LogP contribution in [0.4, 0.5) is 0 Å². The number of rotatable bonds is 4. The summed E-state index contributed by atoms with van der Waals surface area (Å²) >= 11 is 1.82. The molecule has 1 heterocycles. The fourth-order valence-electron chi connectivity index (χ4n) is 1.80. The minimum atomic E-state index is 1.07. The zero-order valence-corrected chi connectivity index (χ0v) is 12.2. The van der Waals surface area contributed by atoms with Crippen LogP contribution in [-0.4, -0.2) is 0 Å². The van der Waals surface area contributed by atoms with Crippen LogP contribution >= 0.6 is 11.3 Å². The van der Waals surface area contributed by atoms with Gasteiger partial charge in [0.2, 0.25) is 0 Å². The largest absolute Gasteiger partial charge is 0.135 e. The molecule has 0 saturated heterocycles. The molecule has 0 saturated carbocycles. The monoisotopic (exact) mass is 266 g/mol. The minimum Gasteiger partial charge on any atom is -0.135 e. The van der Waals surface area contributed by atoms with E-state index in [2.05, 4.69) is 68.1 Å². The Bertz CT molecular complexity index is 612. The van der Waals surface area contributed by atoms with Crippen molar-refractivity contribution < 1.29 is 0 Å². The van der Waals surface area contributed by atoms with E-state index in [4.69, 9.17) is 0 Å². The average molecular weight is 266 g/mol. The third kappa shape index (κ3) is 3.55. The van der Waals surface area contributed by atoms with Crippen LogP contribution in [0.5, 0.6) is 0 Å². The van der Waals surface area contributed by atoms with Crippen molar-refractivity contribution in [1.29, 1.82) is 0 Å². The number of hydrogen-bond donors (Lipinski definition) is 0. The molecule has 0 N–H and O–H groups in total. The van der Waals surface area contributed by atoms with E-state index in [9.17, 15) is 0 Å². The highest BCUT2D eigenvalue weighted by molar-refractivity contribution is 7.16. The lowest BCUT2D eigenvalue weighted by Gasteiger charge is -1.98. The number of hydrogen-bond acceptors (Lipinski definition) is 1. The number of thiophene rings is 1. The Morgan fingerprint density at radius 1 is 1.05 bits per heavy atom. The molecule has 1 heteroatoms. The topological polar surface area (TPSA) is 0 Å². The lowest BCUT2D eigenvalue weighted by molar-refractivity contribution is 1.56. The first kappa shape index (κ1) is 13.6. The highest BCUT2D eigenvalue weighted by atomic mass is 32.1. The molecule has 0 fully saturated rings. The van der Waals surface area contributed by atoms with Crippen LogP contribution in [0.3, 0.4) is 0 Å². The quantitative estimate of drug-likeness (QED) is 0.600. The van der Waals surface area contributed by atoms with Crippen molar-refractivity contribution in [2.45, 2.75) is 13.8 Å². The van der Waals surface area contributed by atoms with Gasteiger partial charge >= 0.3 is 0 Å². The van der Waals surface area contributed by atoms with E-state index < -0.39 is 0 Å². The van der Waals surface area contributed by atoms with Gasteiger partial charge < -0.3 is 0 Å². The standard InChI is InChI=1S/C18H18S/c1-4-15(11-10-14(2)3)17-12-13-18(19-17)16-8-6-5-7-9-16/h4-13H,2H2,1,3H3/b11-10-,15-4+. The van der Waals surface area contributed by atoms with Gasteiger partial charge in [-0.1, -0.05) is 60.7 Å². The summed E-state index contributed by atoms with van der Waals surface area (Å²) in [6.07, 6.45) is 6.32. The first-order valence-corrected chi connectivity index (χ1v) is 7.18. The summed E-state index contributed by atoms with van der Waals surface area (Å²) in [4.78, 5) is 2.59. The van der Waals surface area contributed by atoms with Gasteiger partial charge in [-0.15, -0.1) is 11.3 Å². The molecular weight excluding hydrogens is 248 g/mol. The summed E-state index contributed by atoms with van der Waals surface area (Å²) in [5.41, 5.74) is 3.59. The molecule has 0 aliphatic carbocycles. The van der Waals surface area contributed by atoms with Gasteiger partial charge in [0.25, 0.3) is 0 Å². The zero-order chi connectivity index (χ0) is 13.7. The van der Waals surface area contributed by atoms with Gasteiger partial charge in [-0.05, 0) is 37.1 Å². The van der Waals surface area contributed by atoms with Gasteiger partial charge in [0, 0.05) is 9.75 Å². The van der Waals surface area contributed by atoms with E-state index in [1.54, 1.807) is 0 Å². The highest BCUT2D eigenvalue weighted by Gasteiger charge is 2.04. The van der Waals surface area contributed by atoms with Gasteiger partial charge in [0.1, 0.15) is 0 Å². The second kappa shape index (κ2) is 6.35. The molecule has 2 rings (SSSR count). The zero-order valence-electron chi connectivity index (χ0n) is 11.4. The molecule has 0 nitrogen and oxygen atoms in total. The maximum absolute atomic E-state index is 3.90. The summed E-state index contributed by atoms with van der Waals surface area (Å²) in [5.74, 6) is 0. The number of allylic oxidation sites excluding steroid dienone is 5. The molecule has 0 unspecified atom stereocenters. The van der Waals surface area contributed by atoms with Crippen molar-refractivity contribution in [2.75, 3.05) is 0 Å². The maximum Gasteiger partial charge on any atom is 0.0349 e. The molecule has 0 bridgehead atoms. The average Bonchev–Trinajstić information content (AvgIpc) is 2.90. The molecule has 0 radical (unpaired) electrons. The molecule has 0 spiro atoms. The minimum absolute atomic E-state index is 1.07. The molecule has 0 aliphatic heterocycles. The summed E-state index contributed by atoms with van der Waals surface area (Å²) in [5, 5.41) is 0. The van der Waals surface area contributed by atoms with Gasteiger partial charge in [-0.2, -0.15) is 0 Å². The Balaban J connectivity index is 2.28. The summed E-state index contributed by atoms with van der Waals surface area (Å²) in [6, 6.07) is 14.9. The van der Waals surface area contributed by atoms with Crippen LogP contribution < -0.4 is 0 Å². The number of benzene rings is 1. The molecule has 19 heavy (non-hydrogen) atoms. The molecule has 0 aliphatic rings. The van der Waals surface area contributed by atoms with Crippen LogP contribution in [0.15, 0.2) is 72.8 Å². The first-order chi connectivity index (χ1) is 9.20. The Labute approximate surface area is 119 Å². The van der Waals surface area contributed by atoms with E-state index in [0.717, 1.165) is 5.57 Å². The molecular formula is C18H18S. The predicted molar refractivity (Wildman–Crippen MR) is 87.4 cm³/mol. The molecule has 2 aromatic rings. The van der Waals surface area contributed by atoms with Crippen molar-refractivity contribution in [1.82, 2.24) is 0 Å². The predicted octanol–water partition coefficient (Wildman–Crippen LogP) is 5.95. The molecule has 1 aromatic carbocycles. The smallest absolute Gasteiger partial charge is 0.0349 e. The highest BCUT2D eigenvalue weighted by Crippen LogP contribution is 2.32. The molecule has 0 atom stereocenters. The van der Waals surface area contributed by atoms with Crippen LogP contribution in [0.1, 0.15) is 18.7 Å². The van der Waals surface area contributed by atoms with Crippen LogP contribution in [-0.2, 0) is 0 Å². The van der Waals surface area contributed by atoms with Gasteiger partial charge in [-0.25, -0.2) is 0 Å². The normalized spacial score (nSPS) is 12.0. The van der Waals surface area contributed by atoms with Crippen LogP contribution in [0, 0.1) is 0 Å². The fraction of sp³-hybridized carbons (Fsp3) is 0.111. The van der Waals surface area contributed by atoms with Crippen molar-refractivity contribution >= 4 is 16.9 Å². The van der Waals surface area contributed by atoms with E-state index in [1.165, 1.54) is 20.9 Å². The van der Waals surface area contributed by atoms with Gasteiger partial charge in [0.15, 0.2) is 0 Å². The maximum atomic E-state index is 3.90. The van der Waals surface area contributed by atoms with Gasteiger partial charge in [-0.3, -0.25) is 0 Å². The molecule has 1 aromatic heterocycles. The van der Waals surface area contributed by atoms with Crippen molar-refractivity contribution in [3.05, 3.63) is 77.7 Å². The lowest BCUT2D eigenvalue weighted by Crippen LogP contribution is -1.73. The van der Waals surface area contributed by atoms with Crippen molar-refractivity contribution in [2.24, 2.45) is 0 Å². The Morgan fingerprint density at radius 2 is 1.79 bits per heavy atom. The fourth-order valence-corrected chi connectivity index (χ4v) is 2.87. The Hall–Kier alpha value is -1.86. The van der Waals surface area contributed by atoms with Crippen LogP contribution in [0.25, 0.3) is 16.0 Å². The summed E-state index contributed by atoms with van der Waals surface area (Å²) in [7, 11) is 0.